The molecule has 1 aromatic rings. The Morgan fingerprint density at radius 2 is 1.69 bits per heavy atom. The van der Waals surface area contributed by atoms with Crippen molar-refractivity contribution in [3.63, 3.8) is 0 Å². The number of thioether (sulfide) groups is 1. The van der Waals surface area contributed by atoms with E-state index in [9.17, 15) is 14.4 Å². The van der Waals surface area contributed by atoms with Crippen LogP contribution in [-0.2, 0) is 28.6 Å². The van der Waals surface area contributed by atoms with Crippen LogP contribution in [0.15, 0.2) is 46.2 Å². The fraction of sp³-hybridized carbons (Fsp3) is 0.560. The number of hydrogen-bond donors (Lipinski definition) is 0. The molecule has 0 saturated carbocycles. The number of ether oxygens (including phenoxy) is 3. The van der Waals surface area contributed by atoms with Crippen LogP contribution in [0.4, 0.5) is 0 Å². The van der Waals surface area contributed by atoms with E-state index in [0.717, 1.165) is 22.6 Å². The molecule has 0 heterocycles. The molecule has 0 saturated heterocycles. The Balaban J connectivity index is 2.81. The molecule has 178 valence electrons. The number of allylic oxidation sites excluding steroid dienone is 1. The molecule has 0 radical (unpaired) electrons. The maximum atomic E-state index is 11.9. The van der Waals surface area contributed by atoms with Gasteiger partial charge in [-0.15, -0.1) is 0 Å². The molecule has 1 rings (SSSR count). The second-order valence-electron chi connectivity index (χ2n) is 8.05. The van der Waals surface area contributed by atoms with Crippen molar-refractivity contribution in [3.05, 3.63) is 41.3 Å². The average molecular weight is 465 g/mol. The van der Waals surface area contributed by atoms with E-state index in [-0.39, 0.29) is 24.0 Å². The minimum Gasteiger partial charge on any atom is -0.466 e. The minimum absolute atomic E-state index is 0.223. The van der Waals surface area contributed by atoms with Gasteiger partial charge in [0.05, 0.1) is 13.7 Å². The standard InChI is InChI=1S/C25H36O6S/c1-18(2)21(13-14-22(31-20(4)27)10-9-15-30-19(3)26)16-24(17-25(28)29-5)32-23-11-7-6-8-12-23/h6-8,11-12,17-18,21-22H,9-10,13-16H2,1-5H3/t21-,22?/m1/s1. The lowest BCUT2D eigenvalue weighted by Gasteiger charge is -2.25. The molecule has 6 nitrogen and oxygen atoms in total. The predicted molar refractivity (Wildman–Crippen MR) is 126 cm³/mol. The van der Waals surface area contributed by atoms with E-state index in [2.05, 4.69) is 13.8 Å². The normalized spacial score (nSPS) is 13.4. The summed E-state index contributed by atoms with van der Waals surface area (Å²) in [6.45, 7) is 7.43. The molecule has 0 aromatic heterocycles. The molecule has 0 bridgehead atoms. The number of rotatable bonds is 14. The highest BCUT2D eigenvalue weighted by atomic mass is 32.2. The van der Waals surface area contributed by atoms with Crippen LogP contribution in [0.3, 0.4) is 0 Å². The van der Waals surface area contributed by atoms with Gasteiger partial charge in [-0.2, -0.15) is 0 Å². The summed E-state index contributed by atoms with van der Waals surface area (Å²) in [5.41, 5.74) is 0. The van der Waals surface area contributed by atoms with Gasteiger partial charge in [-0.1, -0.05) is 43.8 Å². The zero-order valence-electron chi connectivity index (χ0n) is 19.8. The average Bonchev–Trinajstić information content (AvgIpc) is 2.73. The van der Waals surface area contributed by atoms with Crippen molar-refractivity contribution in [2.75, 3.05) is 13.7 Å². The van der Waals surface area contributed by atoms with E-state index in [4.69, 9.17) is 14.2 Å². The summed E-state index contributed by atoms with van der Waals surface area (Å²) in [5, 5.41) is 0. The van der Waals surface area contributed by atoms with Gasteiger partial charge >= 0.3 is 17.9 Å². The Labute approximate surface area is 196 Å². The molecular weight excluding hydrogens is 428 g/mol. The van der Waals surface area contributed by atoms with Crippen LogP contribution >= 0.6 is 11.8 Å². The molecule has 1 aromatic carbocycles. The molecule has 0 aliphatic rings. The Morgan fingerprint density at radius 3 is 2.25 bits per heavy atom. The molecule has 0 aliphatic carbocycles. The lowest BCUT2D eigenvalue weighted by molar-refractivity contribution is -0.148. The quantitative estimate of drug-likeness (QED) is 0.117. The summed E-state index contributed by atoms with van der Waals surface area (Å²) in [5.74, 6) is -0.307. The topological polar surface area (TPSA) is 78.9 Å². The third kappa shape index (κ3) is 12.5. The van der Waals surface area contributed by atoms with E-state index in [1.54, 1.807) is 17.8 Å². The summed E-state index contributed by atoms with van der Waals surface area (Å²) in [7, 11) is 1.38. The monoisotopic (exact) mass is 464 g/mol. The van der Waals surface area contributed by atoms with Crippen LogP contribution in [0, 0.1) is 11.8 Å². The first-order chi connectivity index (χ1) is 15.2. The third-order valence-electron chi connectivity index (χ3n) is 5.05. The number of esters is 3. The Kier molecular flexibility index (Phi) is 13.5. The van der Waals surface area contributed by atoms with E-state index in [0.29, 0.717) is 37.7 Å². The Bertz CT molecular complexity index is 744. The summed E-state index contributed by atoms with van der Waals surface area (Å²) in [6, 6.07) is 9.93. The van der Waals surface area contributed by atoms with Crippen molar-refractivity contribution in [2.45, 2.75) is 70.8 Å². The Morgan fingerprint density at radius 1 is 1.00 bits per heavy atom. The van der Waals surface area contributed by atoms with Gasteiger partial charge in [0.2, 0.25) is 0 Å². The molecule has 0 spiro atoms. The van der Waals surface area contributed by atoms with E-state index >= 15 is 0 Å². The van der Waals surface area contributed by atoms with Crippen molar-refractivity contribution in [3.8, 4) is 0 Å². The third-order valence-corrected chi connectivity index (χ3v) is 6.10. The van der Waals surface area contributed by atoms with Gasteiger partial charge in [0.15, 0.2) is 0 Å². The molecule has 2 atom stereocenters. The summed E-state index contributed by atoms with van der Waals surface area (Å²) in [4.78, 5) is 36.4. The molecule has 32 heavy (non-hydrogen) atoms. The van der Waals surface area contributed by atoms with Gasteiger partial charge < -0.3 is 14.2 Å². The van der Waals surface area contributed by atoms with Gasteiger partial charge in [0.1, 0.15) is 6.10 Å². The lowest BCUT2D eigenvalue weighted by atomic mass is 9.86. The highest BCUT2D eigenvalue weighted by Crippen LogP contribution is 2.35. The van der Waals surface area contributed by atoms with Gasteiger partial charge in [-0.3, -0.25) is 9.59 Å². The molecule has 0 N–H and O–H groups in total. The van der Waals surface area contributed by atoms with Gasteiger partial charge in [-0.05, 0) is 61.0 Å². The number of hydrogen-bond acceptors (Lipinski definition) is 7. The first kappa shape index (κ1) is 27.8. The van der Waals surface area contributed by atoms with Crippen LogP contribution in [0.1, 0.15) is 59.8 Å². The summed E-state index contributed by atoms with van der Waals surface area (Å²) < 4.78 is 15.3. The van der Waals surface area contributed by atoms with Crippen LogP contribution in [-0.4, -0.2) is 37.7 Å². The van der Waals surface area contributed by atoms with Crippen molar-refractivity contribution >= 4 is 29.7 Å². The van der Waals surface area contributed by atoms with Crippen LogP contribution in [0.25, 0.3) is 0 Å². The van der Waals surface area contributed by atoms with Crippen LogP contribution in [0.2, 0.25) is 0 Å². The zero-order chi connectivity index (χ0) is 23.9. The van der Waals surface area contributed by atoms with Gasteiger partial charge in [0, 0.05) is 24.8 Å². The second-order valence-corrected chi connectivity index (χ2v) is 9.25. The van der Waals surface area contributed by atoms with Crippen molar-refractivity contribution in [2.24, 2.45) is 11.8 Å². The van der Waals surface area contributed by atoms with E-state index in [1.807, 2.05) is 30.3 Å². The highest BCUT2D eigenvalue weighted by Gasteiger charge is 2.21. The number of carbonyl (C=O) groups is 3. The zero-order valence-corrected chi connectivity index (χ0v) is 20.6. The number of methoxy groups -OCH3 is 1. The smallest absolute Gasteiger partial charge is 0.331 e. The SMILES string of the molecule is COC(=O)C=C(C[C@@H](CCC(CCCOC(C)=O)OC(C)=O)C(C)C)Sc1ccccc1. The van der Waals surface area contributed by atoms with E-state index < -0.39 is 0 Å². The van der Waals surface area contributed by atoms with Crippen molar-refractivity contribution < 1.29 is 28.6 Å². The molecule has 7 heteroatoms. The maximum absolute atomic E-state index is 11.9. The minimum atomic E-state index is -0.366. The van der Waals surface area contributed by atoms with Gasteiger partial charge in [0.25, 0.3) is 0 Å². The molecule has 1 unspecified atom stereocenters. The second kappa shape index (κ2) is 15.5. The van der Waals surface area contributed by atoms with Gasteiger partial charge in [-0.25, -0.2) is 4.79 Å². The number of benzene rings is 1. The Hall–Kier alpha value is -2.28. The first-order valence-electron chi connectivity index (χ1n) is 11.0. The fourth-order valence-electron chi connectivity index (χ4n) is 3.31. The summed E-state index contributed by atoms with van der Waals surface area (Å²) >= 11 is 1.57. The number of carbonyl (C=O) groups excluding carboxylic acids is 3. The predicted octanol–water partition coefficient (Wildman–Crippen LogP) is 5.55. The summed E-state index contributed by atoms with van der Waals surface area (Å²) in [6.07, 6.45) is 4.91. The molecule has 0 fully saturated rings. The fourth-order valence-corrected chi connectivity index (χ4v) is 4.36. The van der Waals surface area contributed by atoms with Crippen molar-refractivity contribution in [1.82, 2.24) is 0 Å². The van der Waals surface area contributed by atoms with Crippen LogP contribution in [0.5, 0.6) is 0 Å². The molecular formula is C25H36O6S. The van der Waals surface area contributed by atoms with Crippen molar-refractivity contribution in [1.29, 1.82) is 0 Å². The lowest BCUT2D eigenvalue weighted by Crippen LogP contribution is -2.20. The highest BCUT2D eigenvalue weighted by molar-refractivity contribution is 8.03. The molecule has 0 amide bonds. The maximum Gasteiger partial charge on any atom is 0.331 e. The largest absolute Gasteiger partial charge is 0.466 e. The molecule has 0 aliphatic heterocycles. The van der Waals surface area contributed by atoms with E-state index in [1.165, 1.54) is 21.0 Å². The van der Waals surface area contributed by atoms with Crippen LogP contribution < -0.4 is 0 Å². The first-order valence-corrected chi connectivity index (χ1v) is 11.8.